The standard InChI is InChI=1S/C24H25ClFNO4S/c1-4-8-18-13-21(26)19(17-9-6-5-7-10-17)14-22(18)27-32(28,29)23-12-16(15-30-2)11-20(25)24(23)31-3/h5-7,9-14,27H,4,8,15H2,1-3H3. The second-order valence-corrected chi connectivity index (χ2v) is 9.31. The van der Waals surface area contributed by atoms with Crippen molar-refractivity contribution in [1.82, 2.24) is 0 Å². The lowest BCUT2D eigenvalue weighted by Gasteiger charge is -2.18. The zero-order valence-electron chi connectivity index (χ0n) is 18.1. The smallest absolute Gasteiger partial charge is 0.265 e. The maximum atomic E-state index is 14.9. The van der Waals surface area contributed by atoms with Crippen LogP contribution < -0.4 is 9.46 Å². The summed E-state index contributed by atoms with van der Waals surface area (Å²) in [4.78, 5) is -0.118. The van der Waals surface area contributed by atoms with E-state index in [9.17, 15) is 12.8 Å². The van der Waals surface area contributed by atoms with Gasteiger partial charge in [0.15, 0.2) is 5.75 Å². The van der Waals surface area contributed by atoms with Gasteiger partial charge in [0.25, 0.3) is 10.0 Å². The third-order valence-corrected chi connectivity index (χ3v) is 6.57. The van der Waals surface area contributed by atoms with Gasteiger partial charge in [-0.05, 0) is 47.4 Å². The van der Waals surface area contributed by atoms with E-state index in [-0.39, 0.29) is 22.3 Å². The Morgan fingerprint density at radius 3 is 2.41 bits per heavy atom. The molecule has 3 aromatic carbocycles. The van der Waals surface area contributed by atoms with Crippen molar-refractivity contribution in [1.29, 1.82) is 0 Å². The van der Waals surface area contributed by atoms with Gasteiger partial charge in [-0.2, -0.15) is 0 Å². The Morgan fingerprint density at radius 1 is 1.06 bits per heavy atom. The van der Waals surface area contributed by atoms with E-state index >= 15 is 0 Å². The summed E-state index contributed by atoms with van der Waals surface area (Å²) in [6, 6.07) is 14.9. The van der Waals surface area contributed by atoms with Crippen molar-refractivity contribution in [2.24, 2.45) is 0 Å². The monoisotopic (exact) mass is 477 g/mol. The van der Waals surface area contributed by atoms with Crippen LogP contribution in [0, 0.1) is 5.82 Å². The van der Waals surface area contributed by atoms with E-state index in [1.54, 1.807) is 30.3 Å². The number of methoxy groups -OCH3 is 2. The molecule has 5 nitrogen and oxygen atoms in total. The van der Waals surface area contributed by atoms with E-state index in [1.165, 1.54) is 32.4 Å². The Morgan fingerprint density at radius 2 is 1.78 bits per heavy atom. The number of nitrogens with one attached hydrogen (secondary N) is 1. The van der Waals surface area contributed by atoms with Crippen LogP contribution in [-0.4, -0.2) is 22.6 Å². The number of sulfonamides is 1. The first-order chi connectivity index (χ1) is 15.3. The fourth-order valence-electron chi connectivity index (χ4n) is 3.49. The van der Waals surface area contributed by atoms with Gasteiger partial charge in [-0.15, -0.1) is 0 Å². The van der Waals surface area contributed by atoms with E-state index < -0.39 is 15.8 Å². The second-order valence-electron chi connectivity index (χ2n) is 7.25. The summed E-state index contributed by atoms with van der Waals surface area (Å²) in [5.41, 5.74) is 2.41. The number of ether oxygens (including phenoxy) is 2. The van der Waals surface area contributed by atoms with Gasteiger partial charge < -0.3 is 9.47 Å². The average Bonchev–Trinajstić information content (AvgIpc) is 2.76. The van der Waals surface area contributed by atoms with Gasteiger partial charge >= 0.3 is 0 Å². The minimum absolute atomic E-state index is 0.0291. The summed E-state index contributed by atoms with van der Waals surface area (Å²) in [5.74, 6) is -0.383. The molecule has 3 aromatic rings. The zero-order chi connectivity index (χ0) is 23.3. The average molecular weight is 478 g/mol. The van der Waals surface area contributed by atoms with Crippen molar-refractivity contribution in [3.8, 4) is 16.9 Å². The van der Waals surface area contributed by atoms with Gasteiger partial charge in [0.1, 0.15) is 10.7 Å². The number of halogens is 2. The second kappa shape index (κ2) is 10.3. The number of benzene rings is 3. The van der Waals surface area contributed by atoms with Crippen LogP contribution in [0.5, 0.6) is 5.75 Å². The normalized spacial score (nSPS) is 11.4. The molecule has 0 amide bonds. The van der Waals surface area contributed by atoms with Crippen LogP contribution in [0.3, 0.4) is 0 Å². The summed E-state index contributed by atoms with van der Waals surface area (Å²) in [6.07, 6.45) is 1.22. The molecule has 0 aliphatic carbocycles. The summed E-state index contributed by atoms with van der Waals surface area (Å²) < 4.78 is 54.7. The summed E-state index contributed by atoms with van der Waals surface area (Å²) in [5, 5.41) is 0.153. The Hall–Kier alpha value is -2.61. The quantitative estimate of drug-likeness (QED) is 0.407. The van der Waals surface area contributed by atoms with Crippen molar-refractivity contribution in [2.45, 2.75) is 31.3 Å². The molecule has 0 saturated heterocycles. The number of hydrogen-bond acceptors (Lipinski definition) is 4. The van der Waals surface area contributed by atoms with Crippen LogP contribution in [0.4, 0.5) is 10.1 Å². The molecule has 3 rings (SSSR count). The molecule has 1 N–H and O–H groups in total. The molecule has 0 aliphatic heterocycles. The molecule has 0 aliphatic rings. The van der Waals surface area contributed by atoms with Crippen molar-refractivity contribution >= 4 is 27.3 Å². The zero-order valence-corrected chi connectivity index (χ0v) is 19.7. The first kappa shape index (κ1) is 24.0. The predicted octanol–water partition coefficient (Wildman–Crippen LogP) is 6.05. The topological polar surface area (TPSA) is 64.6 Å². The number of hydrogen-bond donors (Lipinski definition) is 1. The van der Waals surface area contributed by atoms with Gasteiger partial charge in [-0.3, -0.25) is 4.72 Å². The van der Waals surface area contributed by atoms with Gasteiger partial charge in [-0.1, -0.05) is 55.3 Å². The Balaban J connectivity index is 2.13. The highest BCUT2D eigenvalue weighted by atomic mass is 35.5. The lowest BCUT2D eigenvalue weighted by molar-refractivity contribution is 0.184. The molecular formula is C24H25ClFNO4S. The SMILES string of the molecule is CCCc1cc(F)c(-c2ccccc2)cc1NS(=O)(=O)c1cc(COC)cc(Cl)c1OC. The molecule has 0 heterocycles. The van der Waals surface area contributed by atoms with Crippen molar-refractivity contribution in [2.75, 3.05) is 18.9 Å². The molecule has 0 spiro atoms. The summed E-state index contributed by atoms with van der Waals surface area (Å²) in [7, 11) is -1.25. The van der Waals surface area contributed by atoms with E-state index in [2.05, 4.69) is 4.72 Å². The van der Waals surface area contributed by atoms with Crippen LogP contribution >= 0.6 is 11.6 Å². The fraction of sp³-hybridized carbons (Fsp3) is 0.250. The van der Waals surface area contributed by atoms with Crippen molar-refractivity contribution in [3.63, 3.8) is 0 Å². The summed E-state index contributed by atoms with van der Waals surface area (Å²) in [6.45, 7) is 2.13. The molecule has 8 heteroatoms. The van der Waals surface area contributed by atoms with E-state index in [4.69, 9.17) is 21.1 Å². The van der Waals surface area contributed by atoms with Crippen LogP contribution in [0.25, 0.3) is 11.1 Å². The summed E-state index contributed by atoms with van der Waals surface area (Å²) >= 11 is 6.26. The third kappa shape index (κ3) is 5.23. The Bertz CT molecular complexity index is 1200. The predicted molar refractivity (Wildman–Crippen MR) is 125 cm³/mol. The molecule has 0 unspecified atom stereocenters. The largest absolute Gasteiger partial charge is 0.494 e. The van der Waals surface area contributed by atoms with Crippen LogP contribution in [0.15, 0.2) is 59.5 Å². The Labute approximate surface area is 193 Å². The third-order valence-electron chi connectivity index (χ3n) is 4.92. The van der Waals surface area contributed by atoms with Gasteiger partial charge in [-0.25, -0.2) is 12.8 Å². The van der Waals surface area contributed by atoms with Crippen LogP contribution in [0.2, 0.25) is 5.02 Å². The molecule has 0 fully saturated rings. The molecule has 170 valence electrons. The Kier molecular flexibility index (Phi) is 7.77. The highest BCUT2D eigenvalue weighted by molar-refractivity contribution is 7.92. The van der Waals surface area contributed by atoms with Gasteiger partial charge in [0.2, 0.25) is 0 Å². The highest BCUT2D eigenvalue weighted by Crippen LogP contribution is 2.36. The lowest BCUT2D eigenvalue weighted by Crippen LogP contribution is -2.16. The maximum Gasteiger partial charge on any atom is 0.265 e. The fourth-order valence-corrected chi connectivity index (χ4v) is 5.20. The molecule has 0 saturated carbocycles. The molecule has 32 heavy (non-hydrogen) atoms. The first-order valence-corrected chi connectivity index (χ1v) is 11.9. The number of rotatable bonds is 9. The van der Waals surface area contributed by atoms with Crippen LogP contribution in [-0.2, 0) is 27.8 Å². The molecular weight excluding hydrogens is 453 g/mol. The van der Waals surface area contributed by atoms with E-state index in [0.717, 1.165) is 6.42 Å². The van der Waals surface area contributed by atoms with Crippen molar-refractivity contribution < 1.29 is 22.3 Å². The molecule has 0 aromatic heterocycles. The van der Waals surface area contributed by atoms with Gasteiger partial charge in [0, 0.05) is 12.7 Å². The number of aryl methyl sites for hydroxylation is 1. The van der Waals surface area contributed by atoms with Crippen molar-refractivity contribution in [3.05, 3.63) is 76.6 Å². The molecule has 0 radical (unpaired) electrons. The number of anilines is 1. The van der Waals surface area contributed by atoms with Crippen LogP contribution in [0.1, 0.15) is 24.5 Å². The maximum absolute atomic E-state index is 14.9. The minimum atomic E-state index is -4.11. The highest BCUT2D eigenvalue weighted by Gasteiger charge is 2.25. The molecule has 0 bridgehead atoms. The van der Waals surface area contributed by atoms with E-state index in [1.807, 2.05) is 13.0 Å². The first-order valence-electron chi connectivity index (χ1n) is 10.1. The molecule has 0 atom stereocenters. The lowest BCUT2D eigenvalue weighted by atomic mass is 10.00. The minimum Gasteiger partial charge on any atom is -0.494 e. The van der Waals surface area contributed by atoms with Gasteiger partial charge in [0.05, 0.1) is 24.4 Å². The van der Waals surface area contributed by atoms with E-state index in [0.29, 0.717) is 34.4 Å².